The van der Waals surface area contributed by atoms with E-state index in [-0.39, 0.29) is 35.1 Å². The lowest BCUT2D eigenvalue weighted by molar-refractivity contribution is -0.138. The average Bonchev–Trinajstić information content (AvgIpc) is 3.38. The quantitative estimate of drug-likeness (QED) is 0.501. The second kappa shape index (κ2) is 9.20. The number of amides is 1. The smallest absolute Gasteiger partial charge is 0.395 e. The van der Waals surface area contributed by atoms with E-state index in [1.165, 1.54) is 12.1 Å². The van der Waals surface area contributed by atoms with Crippen molar-refractivity contribution in [2.75, 3.05) is 20.2 Å². The molecule has 1 amide bonds. The molecule has 33 heavy (non-hydrogen) atoms. The molecule has 172 valence electrons. The van der Waals surface area contributed by atoms with Crippen molar-refractivity contribution in [2.45, 2.75) is 12.6 Å². The molecule has 2 N–H and O–H groups in total. The lowest BCUT2D eigenvalue weighted by atomic mass is 9.93. The van der Waals surface area contributed by atoms with Crippen molar-refractivity contribution in [3.8, 4) is 0 Å². The van der Waals surface area contributed by atoms with Gasteiger partial charge in [0.15, 0.2) is 5.17 Å². The largest absolute Gasteiger partial charge is 0.416 e. The summed E-state index contributed by atoms with van der Waals surface area (Å²) in [6.07, 6.45) is -3.17. The third-order valence-electron chi connectivity index (χ3n) is 5.15. The molecule has 0 bridgehead atoms. The van der Waals surface area contributed by atoms with E-state index < -0.39 is 17.6 Å². The number of benzene rings is 2. The van der Waals surface area contributed by atoms with E-state index in [4.69, 9.17) is 11.6 Å². The van der Waals surface area contributed by atoms with Crippen LogP contribution in [0.2, 0.25) is 5.02 Å². The molecule has 0 radical (unpaired) electrons. The fraction of sp³-hybridized carbons (Fsp3) is 0.227. The summed E-state index contributed by atoms with van der Waals surface area (Å²) in [5.41, 5.74) is 0.899. The molecule has 0 saturated heterocycles. The lowest BCUT2D eigenvalue weighted by Gasteiger charge is -2.18. The maximum absolute atomic E-state index is 13.7. The molecule has 6 nitrogen and oxygen atoms in total. The molecular weight excluding hydrogens is 477 g/mol. The molecule has 0 spiro atoms. The van der Waals surface area contributed by atoms with Crippen LogP contribution in [0.4, 0.5) is 13.2 Å². The van der Waals surface area contributed by atoms with Gasteiger partial charge in [0.2, 0.25) is 0 Å². The topological polar surface area (TPSA) is 81.6 Å². The number of halogens is 4. The molecule has 2 heterocycles. The first-order valence-corrected chi connectivity index (χ1v) is 11.0. The van der Waals surface area contributed by atoms with Gasteiger partial charge in [0.1, 0.15) is 0 Å². The van der Waals surface area contributed by atoms with Crippen LogP contribution in [-0.4, -0.2) is 51.5 Å². The molecule has 1 aliphatic heterocycles. The summed E-state index contributed by atoms with van der Waals surface area (Å²) in [5.74, 6) is -0.537. The Morgan fingerprint density at radius 2 is 2.03 bits per heavy atom. The highest BCUT2D eigenvalue weighted by Crippen LogP contribution is 2.40. The highest BCUT2D eigenvalue weighted by Gasteiger charge is 2.35. The molecular formula is C22H18ClF3N4O2S. The Labute approximate surface area is 196 Å². The number of nitrogens with zero attached hydrogens (tertiary/aromatic N) is 3. The molecule has 3 aromatic rings. The molecule has 0 aliphatic carbocycles. The van der Waals surface area contributed by atoms with Crippen LogP contribution in [0.5, 0.6) is 0 Å². The van der Waals surface area contributed by atoms with Gasteiger partial charge >= 0.3 is 6.18 Å². The number of thioether (sulfide) groups is 1. The summed E-state index contributed by atoms with van der Waals surface area (Å²) in [4.78, 5) is 18.7. The van der Waals surface area contributed by atoms with Crippen LogP contribution in [0, 0.1) is 0 Å². The highest BCUT2D eigenvalue weighted by atomic mass is 35.5. The SMILES string of the molecule is CN(CCO)C1=NC(=O)C(=C(Cc2ccc(Cl)cc2C(F)(F)F)c2ccc3[nH]ncc3c2)S1. The van der Waals surface area contributed by atoms with E-state index in [1.54, 1.807) is 36.3 Å². The Bertz CT molecular complexity index is 1290. The van der Waals surface area contributed by atoms with Crippen LogP contribution in [-0.2, 0) is 17.4 Å². The fourth-order valence-electron chi connectivity index (χ4n) is 3.50. The first-order chi connectivity index (χ1) is 15.7. The van der Waals surface area contributed by atoms with Crippen molar-refractivity contribution in [3.05, 3.63) is 69.2 Å². The van der Waals surface area contributed by atoms with Crippen LogP contribution in [0.15, 0.2) is 52.5 Å². The Morgan fingerprint density at radius 1 is 1.24 bits per heavy atom. The third kappa shape index (κ3) is 4.92. The fourth-order valence-corrected chi connectivity index (χ4v) is 4.67. The second-order valence-electron chi connectivity index (χ2n) is 7.40. The van der Waals surface area contributed by atoms with E-state index in [0.717, 1.165) is 28.7 Å². The maximum Gasteiger partial charge on any atom is 0.416 e. The van der Waals surface area contributed by atoms with Crippen LogP contribution in [0.25, 0.3) is 16.5 Å². The van der Waals surface area contributed by atoms with Crippen LogP contribution >= 0.6 is 23.4 Å². The number of aromatic nitrogens is 2. The van der Waals surface area contributed by atoms with E-state index in [9.17, 15) is 23.1 Å². The minimum absolute atomic E-state index is 0.00717. The minimum Gasteiger partial charge on any atom is -0.395 e. The summed E-state index contributed by atoms with van der Waals surface area (Å²) >= 11 is 6.92. The van der Waals surface area contributed by atoms with Crippen molar-refractivity contribution in [2.24, 2.45) is 4.99 Å². The number of nitrogens with one attached hydrogen (secondary N) is 1. The molecule has 4 rings (SSSR count). The average molecular weight is 495 g/mol. The third-order valence-corrected chi connectivity index (χ3v) is 6.60. The van der Waals surface area contributed by atoms with Crippen LogP contribution in [0.1, 0.15) is 16.7 Å². The number of alkyl halides is 3. The number of H-pyrrole nitrogens is 1. The minimum atomic E-state index is -4.61. The number of aliphatic imine (C=N–C) groups is 1. The van der Waals surface area contributed by atoms with E-state index in [2.05, 4.69) is 15.2 Å². The molecule has 0 fully saturated rings. The molecule has 0 atom stereocenters. The second-order valence-corrected chi connectivity index (χ2v) is 8.82. The zero-order chi connectivity index (χ0) is 23.8. The molecule has 0 unspecified atom stereocenters. The number of allylic oxidation sites excluding steroid dienone is 1. The summed E-state index contributed by atoms with van der Waals surface area (Å²) in [6.45, 7) is 0.130. The Balaban J connectivity index is 1.84. The van der Waals surface area contributed by atoms with Gasteiger partial charge in [-0.1, -0.05) is 23.7 Å². The molecule has 0 saturated carbocycles. The van der Waals surface area contributed by atoms with Crippen molar-refractivity contribution in [3.63, 3.8) is 0 Å². The standard InChI is InChI=1S/C22H18ClF3N4O2S/c1-30(6-7-31)21-28-20(32)19(33-21)16(12-3-5-18-14(8-12)11-27-29-18)9-13-2-4-15(23)10-17(13)22(24,25)26/h2-5,8,10-11,31H,6-7,9H2,1H3,(H,27,29). The lowest BCUT2D eigenvalue weighted by Crippen LogP contribution is -2.26. The Kier molecular flexibility index (Phi) is 6.51. The number of amidine groups is 1. The predicted octanol–water partition coefficient (Wildman–Crippen LogP) is 4.74. The number of likely N-dealkylation sites (N-methyl/N-ethyl adjacent to an activating group) is 1. The summed E-state index contributed by atoms with van der Waals surface area (Å²) in [6, 6.07) is 8.87. The van der Waals surface area contributed by atoms with Gasteiger partial charge in [0, 0.05) is 24.0 Å². The molecule has 1 aliphatic rings. The van der Waals surface area contributed by atoms with Gasteiger partial charge in [0.25, 0.3) is 5.91 Å². The van der Waals surface area contributed by atoms with Gasteiger partial charge < -0.3 is 10.0 Å². The highest BCUT2D eigenvalue weighted by molar-refractivity contribution is 8.18. The predicted molar refractivity (Wildman–Crippen MR) is 123 cm³/mol. The number of aliphatic hydroxyl groups excluding tert-OH is 1. The first kappa shape index (κ1) is 23.3. The number of aromatic amines is 1. The number of fused-ring (bicyclic) bond motifs is 1. The molecule has 1 aromatic heterocycles. The first-order valence-electron chi connectivity index (χ1n) is 9.82. The van der Waals surface area contributed by atoms with Crippen molar-refractivity contribution < 1.29 is 23.1 Å². The van der Waals surface area contributed by atoms with E-state index in [0.29, 0.717) is 16.3 Å². The van der Waals surface area contributed by atoms with Gasteiger partial charge in [-0.3, -0.25) is 9.89 Å². The van der Waals surface area contributed by atoms with E-state index >= 15 is 0 Å². The molecule has 11 heteroatoms. The van der Waals surface area contributed by atoms with Gasteiger partial charge in [-0.15, -0.1) is 0 Å². The number of hydrogen-bond donors (Lipinski definition) is 2. The maximum atomic E-state index is 13.7. The van der Waals surface area contributed by atoms with Crippen molar-refractivity contribution in [1.29, 1.82) is 0 Å². The van der Waals surface area contributed by atoms with Gasteiger partial charge in [-0.05, 0) is 59.1 Å². The van der Waals surface area contributed by atoms with Gasteiger partial charge in [-0.2, -0.15) is 23.3 Å². The molecule has 2 aromatic carbocycles. The Morgan fingerprint density at radius 3 is 2.76 bits per heavy atom. The monoisotopic (exact) mass is 494 g/mol. The summed E-state index contributed by atoms with van der Waals surface area (Å²) in [5, 5.41) is 17.1. The normalized spacial score (nSPS) is 15.8. The summed E-state index contributed by atoms with van der Waals surface area (Å²) in [7, 11) is 1.68. The van der Waals surface area contributed by atoms with Gasteiger partial charge in [0.05, 0.1) is 28.8 Å². The number of carbonyl (C=O) groups excluding carboxylic acids is 1. The van der Waals surface area contributed by atoms with Gasteiger partial charge in [-0.25, -0.2) is 0 Å². The van der Waals surface area contributed by atoms with Crippen molar-refractivity contribution >= 4 is 50.9 Å². The van der Waals surface area contributed by atoms with E-state index in [1.807, 2.05) is 0 Å². The number of carbonyl (C=O) groups is 1. The van der Waals surface area contributed by atoms with Crippen LogP contribution < -0.4 is 0 Å². The summed E-state index contributed by atoms with van der Waals surface area (Å²) < 4.78 is 41.2. The number of hydrogen-bond acceptors (Lipinski definition) is 5. The van der Waals surface area contributed by atoms with Crippen molar-refractivity contribution in [1.82, 2.24) is 15.1 Å². The zero-order valence-corrected chi connectivity index (χ0v) is 18.9. The Hall–Kier alpha value is -2.82. The van der Waals surface area contributed by atoms with Crippen LogP contribution in [0.3, 0.4) is 0 Å². The number of rotatable bonds is 5. The number of aliphatic hydroxyl groups is 1. The zero-order valence-electron chi connectivity index (χ0n) is 17.3.